The zero-order valence-corrected chi connectivity index (χ0v) is 8.76. The van der Waals surface area contributed by atoms with Crippen LogP contribution >= 0.6 is 0 Å². The van der Waals surface area contributed by atoms with Gasteiger partial charge < -0.3 is 10.6 Å². The molecule has 0 aromatic carbocycles. The Balaban J connectivity index is 2.30. The van der Waals surface area contributed by atoms with Crippen molar-refractivity contribution >= 4 is 5.91 Å². The second-order valence-corrected chi connectivity index (χ2v) is 4.28. The summed E-state index contributed by atoms with van der Waals surface area (Å²) in [4.78, 5) is 11.6. The number of nitrogens with one attached hydrogen (secondary N) is 2. The molecule has 2 N–H and O–H groups in total. The maximum atomic E-state index is 11.6. The van der Waals surface area contributed by atoms with Crippen molar-refractivity contribution in [3.8, 4) is 0 Å². The van der Waals surface area contributed by atoms with Crippen molar-refractivity contribution in [3.05, 3.63) is 0 Å². The number of carbonyl (C=O) groups is 1. The van der Waals surface area contributed by atoms with Crippen LogP contribution in [0.3, 0.4) is 0 Å². The van der Waals surface area contributed by atoms with E-state index in [9.17, 15) is 4.79 Å². The van der Waals surface area contributed by atoms with E-state index in [2.05, 4.69) is 31.4 Å². The Morgan fingerprint density at radius 2 is 2.31 bits per heavy atom. The molecule has 0 spiro atoms. The monoisotopic (exact) mass is 184 g/mol. The van der Waals surface area contributed by atoms with E-state index in [0.717, 1.165) is 19.5 Å². The highest BCUT2D eigenvalue weighted by molar-refractivity contribution is 5.79. The van der Waals surface area contributed by atoms with Gasteiger partial charge in [-0.1, -0.05) is 13.8 Å². The van der Waals surface area contributed by atoms with E-state index in [1.165, 1.54) is 0 Å². The molecule has 1 rings (SSSR count). The van der Waals surface area contributed by atoms with Gasteiger partial charge in [0, 0.05) is 12.6 Å². The molecule has 3 heteroatoms. The summed E-state index contributed by atoms with van der Waals surface area (Å²) in [5.74, 6) is 0.929. The van der Waals surface area contributed by atoms with Gasteiger partial charge in [-0.25, -0.2) is 0 Å². The molecule has 1 fully saturated rings. The lowest BCUT2D eigenvalue weighted by molar-refractivity contribution is -0.125. The van der Waals surface area contributed by atoms with E-state index in [4.69, 9.17) is 0 Å². The number of rotatable bonds is 3. The average molecular weight is 184 g/mol. The van der Waals surface area contributed by atoms with E-state index in [1.54, 1.807) is 0 Å². The lowest BCUT2D eigenvalue weighted by Crippen LogP contribution is -2.38. The van der Waals surface area contributed by atoms with Gasteiger partial charge in [-0.15, -0.1) is 0 Å². The van der Waals surface area contributed by atoms with Crippen molar-refractivity contribution in [1.82, 2.24) is 10.6 Å². The number of hydrogen-bond donors (Lipinski definition) is 2. The molecule has 1 aliphatic heterocycles. The fourth-order valence-corrected chi connectivity index (χ4v) is 1.65. The van der Waals surface area contributed by atoms with Crippen LogP contribution in [0, 0.1) is 11.8 Å². The standard InChI is InChI=1S/C10H20N2O/c1-7(2)6-12-10(13)9-4-5-11-8(9)3/h7-9,11H,4-6H2,1-3H3,(H,12,13). The molecule has 0 aliphatic carbocycles. The van der Waals surface area contributed by atoms with Crippen LogP contribution in [0.1, 0.15) is 27.2 Å². The van der Waals surface area contributed by atoms with E-state index >= 15 is 0 Å². The SMILES string of the molecule is CC(C)CNC(=O)C1CCNC1C. The molecule has 2 atom stereocenters. The van der Waals surface area contributed by atoms with Crippen molar-refractivity contribution < 1.29 is 4.79 Å². The molecule has 0 aromatic rings. The van der Waals surface area contributed by atoms with Crippen LogP contribution in [-0.2, 0) is 4.79 Å². The van der Waals surface area contributed by atoms with Gasteiger partial charge >= 0.3 is 0 Å². The first-order valence-electron chi connectivity index (χ1n) is 5.12. The zero-order chi connectivity index (χ0) is 9.84. The molecule has 76 valence electrons. The van der Waals surface area contributed by atoms with Crippen molar-refractivity contribution in [2.24, 2.45) is 11.8 Å². The van der Waals surface area contributed by atoms with Crippen molar-refractivity contribution in [3.63, 3.8) is 0 Å². The highest BCUT2D eigenvalue weighted by Crippen LogP contribution is 2.14. The number of carbonyl (C=O) groups excluding carboxylic acids is 1. The van der Waals surface area contributed by atoms with Crippen LogP contribution in [0.5, 0.6) is 0 Å². The summed E-state index contributed by atoms with van der Waals surface area (Å²) in [6.07, 6.45) is 0.977. The van der Waals surface area contributed by atoms with Crippen LogP contribution < -0.4 is 10.6 Å². The maximum Gasteiger partial charge on any atom is 0.224 e. The van der Waals surface area contributed by atoms with Crippen LogP contribution in [0.15, 0.2) is 0 Å². The first-order valence-corrected chi connectivity index (χ1v) is 5.12. The van der Waals surface area contributed by atoms with E-state index in [1.807, 2.05) is 0 Å². The molecule has 1 heterocycles. The molecular formula is C10H20N2O. The molecular weight excluding hydrogens is 164 g/mol. The first kappa shape index (κ1) is 10.5. The molecule has 3 nitrogen and oxygen atoms in total. The first-order chi connectivity index (χ1) is 6.11. The Morgan fingerprint density at radius 1 is 1.62 bits per heavy atom. The number of amides is 1. The minimum absolute atomic E-state index is 0.179. The Labute approximate surface area is 80.3 Å². The predicted octanol–water partition coefficient (Wildman–Crippen LogP) is 0.757. The molecule has 1 aliphatic rings. The molecule has 1 amide bonds. The topological polar surface area (TPSA) is 41.1 Å². The third-order valence-corrected chi connectivity index (χ3v) is 2.55. The summed E-state index contributed by atoms with van der Waals surface area (Å²) in [6.45, 7) is 8.06. The van der Waals surface area contributed by atoms with Gasteiger partial charge in [0.25, 0.3) is 0 Å². The highest BCUT2D eigenvalue weighted by Gasteiger charge is 2.28. The summed E-state index contributed by atoms with van der Waals surface area (Å²) < 4.78 is 0. The van der Waals surface area contributed by atoms with Crippen molar-refractivity contribution in [1.29, 1.82) is 0 Å². The van der Waals surface area contributed by atoms with E-state index in [-0.39, 0.29) is 11.8 Å². The predicted molar refractivity (Wildman–Crippen MR) is 53.4 cm³/mol. The van der Waals surface area contributed by atoms with Gasteiger partial charge in [0.15, 0.2) is 0 Å². The third kappa shape index (κ3) is 2.99. The van der Waals surface area contributed by atoms with Crippen LogP contribution in [0.2, 0.25) is 0 Å². The molecule has 0 saturated carbocycles. The average Bonchev–Trinajstić information content (AvgIpc) is 2.47. The minimum Gasteiger partial charge on any atom is -0.356 e. The van der Waals surface area contributed by atoms with Crippen LogP contribution in [0.4, 0.5) is 0 Å². The normalized spacial score (nSPS) is 28.0. The second kappa shape index (κ2) is 4.61. The quantitative estimate of drug-likeness (QED) is 0.680. The van der Waals surface area contributed by atoms with Gasteiger partial charge in [-0.2, -0.15) is 0 Å². The molecule has 2 unspecified atom stereocenters. The smallest absolute Gasteiger partial charge is 0.224 e. The molecule has 13 heavy (non-hydrogen) atoms. The fraction of sp³-hybridized carbons (Fsp3) is 0.900. The van der Waals surface area contributed by atoms with Crippen LogP contribution in [-0.4, -0.2) is 25.0 Å². The summed E-state index contributed by atoms with van der Waals surface area (Å²) in [5.41, 5.74) is 0. The third-order valence-electron chi connectivity index (χ3n) is 2.55. The lowest BCUT2D eigenvalue weighted by atomic mass is 10.0. The maximum absolute atomic E-state index is 11.6. The summed E-state index contributed by atoms with van der Waals surface area (Å²) >= 11 is 0. The van der Waals surface area contributed by atoms with Crippen molar-refractivity contribution in [2.45, 2.75) is 33.2 Å². The molecule has 1 saturated heterocycles. The minimum atomic E-state index is 0.179. The van der Waals surface area contributed by atoms with E-state index in [0.29, 0.717) is 12.0 Å². The molecule has 0 aromatic heterocycles. The van der Waals surface area contributed by atoms with Gasteiger partial charge in [0.2, 0.25) is 5.91 Å². The van der Waals surface area contributed by atoms with Gasteiger partial charge in [-0.05, 0) is 25.8 Å². The van der Waals surface area contributed by atoms with Crippen molar-refractivity contribution in [2.75, 3.05) is 13.1 Å². The van der Waals surface area contributed by atoms with Gasteiger partial charge in [0.05, 0.1) is 5.92 Å². The fourth-order valence-electron chi connectivity index (χ4n) is 1.65. The molecule has 0 radical (unpaired) electrons. The molecule has 0 bridgehead atoms. The Morgan fingerprint density at radius 3 is 2.77 bits per heavy atom. The summed E-state index contributed by atoms with van der Waals surface area (Å²) in [5, 5.41) is 6.25. The van der Waals surface area contributed by atoms with Gasteiger partial charge in [-0.3, -0.25) is 4.79 Å². The Bertz CT molecular complexity index is 180. The lowest BCUT2D eigenvalue weighted by Gasteiger charge is -2.15. The van der Waals surface area contributed by atoms with Gasteiger partial charge in [0.1, 0.15) is 0 Å². The highest BCUT2D eigenvalue weighted by atomic mass is 16.1. The zero-order valence-electron chi connectivity index (χ0n) is 8.76. The van der Waals surface area contributed by atoms with E-state index < -0.39 is 0 Å². The Kier molecular flexibility index (Phi) is 3.72. The van der Waals surface area contributed by atoms with Crippen LogP contribution in [0.25, 0.3) is 0 Å². The second-order valence-electron chi connectivity index (χ2n) is 4.28. The summed E-state index contributed by atoms with van der Waals surface area (Å²) in [6, 6.07) is 0.340. The summed E-state index contributed by atoms with van der Waals surface area (Å²) in [7, 11) is 0. The largest absolute Gasteiger partial charge is 0.356 e. The number of hydrogen-bond acceptors (Lipinski definition) is 2. The Hall–Kier alpha value is -0.570.